The molecular weight excluding hydrogens is 1890 g/mol. The number of fused-ring (bicyclic) bond motifs is 4. The molecule has 4 heterocycles. The van der Waals surface area contributed by atoms with Gasteiger partial charge in [0, 0.05) is 99.7 Å². The SMILES string of the molecule is CN1C(=O)C(C(=O)c2cccc(SOO[O-])c2)C2c3c1ccc(Nc1cc(Nc4nc(N)nc(NC5CCC(CC6CCC(Nc7nc(N)nc(Nc8cc(Nc9ccc%10c%11c9C(=O)C9C=CC=CC9C%11C(C(=O)c9cccc(S(=O)(=O)[O-])c9)C(=O)N%10C)c(S(=O)(=O)[O-])cc8SOO[O-])n7)CC6)CC5)n4)c(S(=O)(=O)[O-])cc1SOO[O-])c3C(=O)C1C=CC=CC12.[Na+].[Na+].[Na+].[Na+].[Na+].[Na+]. The molecule has 2 aliphatic heterocycles. The Morgan fingerprint density at radius 3 is 1.27 bits per heavy atom. The number of carbonyl (C=O) groups excluding carboxylic acids is 6. The van der Waals surface area contributed by atoms with Crippen molar-refractivity contribution in [3.8, 4) is 0 Å². The van der Waals surface area contributed by atoms with Crippen molar-refractivity contribution in [1.82, 2.24) is 29.9 Å². The van der Waals surface area contributed by atoms with Gasteiger partial charge in [0.15, 0.2) is 23.1 Å². The number of benzene rings is 6. The van der Waals surface area contributed by atoms with Gasteiger partial charge in [0.2, 0.25) is 47.5 Å². The predicted octanol–water partition coefficient (Wildman–Crippen LogP) is -10.1. The number of hydrogen-bond donors (Lipinski definition) is 8. The number of nitrogens with zero attached hydrogens (tertiary/aromatic N) is 8. The summed E-state index contributed by atoms with van der Waals surface area (Å²) in [7, 11) is -13.1. The molecule has 131 heavy (non-hydrogen) atoms. The van der Waals surface area contributed by atoms with Gasteiger partial charge in [-0.2, -0.15) is 42.9 Å². The van der Waals surface area contributed by atoms with E-state index >= 15 is 4.79 Å². The fraction of sp³-hybridized carbons (Fsp3) is 0.291. The van der Waals surface area contributed by atoms with Crippen LogP contribution in [0.2, 0.25) is 0 Å². The van der Waals surface area contributed by atoms with Gasteiger partial charge in [-0.05, 0) is 165 Å². The smallest absolute Gasteiger partial charge is 0.744 e. The van der Waals surface area contributed by atoms with E-state index in [1.54, 1.807) is 60.7 Å². The van der Waals surface area contributed by atoms with Crippen molar-refractivity contribution in [3.63, 3.8) is 0 Å². The van der Waals surface area contributed by atoms with Crippen molar-refractivity contribution in [2.45, 2.75) is 111 Å². The number of aromatic nitrogens is 6. The molecule has 6 aromatic carbocycles. The average Bonchev–Trinajstić information content (AvgIpc) is 0.709. The third-order valence-electron chi connectivity index (χ3n) is 23.6. The first-order chi connectivity index (χ1) is 59.8. The van der Waals surface area contributed by atoms with E-state index in [2.05, 4.69) is 89.9 Å². The van der Waals surface area contributed by atoms with E-state index in [4.69, 9.17) is 11.5 Å². The minimum atomic E-state index is -5.46. The summed E-state index contributed by atoms with van der Waals surface area (Å²) < 4.78 is 130. The molecule has 2 amide bonds. The minimum Gasteiger partial charge on any atom is -0.744 e. The Hall–Kier alpha value is -5.26. The summed E-state index contributed by atoms with van der Waals surface area (Å²) in [6, 6.07) is 20.1. The van der Waals surface area contributed by atoms with Crippen LogP contribution in [0.5, 0.6) is 0 Å². The third kappa shape index (κ3) is 23.2. The predicted molar refractivity (Wildman–Crippen MR) is 439 cm³/mol. The Labute approximate surface area is 894 Å². The number of hydrogen-bond acceptors (Lipinski definition) is 41. The number of allylic oxidation sites excluding steroid dienone is 8. The summed E-state index contributed by atoms with van der Waals surface area (Å²) >= 11 is 0.996. The van der Waals surface area contributed by atoms with Crippen LogP contribution in [0, 0.1) is 47.3 Å². The number of ketones is 4. The first kappa shape index (κ1) is 108. The van der Waals surface area contributed by atoms with Crippen molar-refractivity contribution in [2.24, 2.45) is 47.3 Å². The standard InChI is InChI=1S/C79H76N16O24S6.6Na/c1-94-54-27-25-48(62-64(54)60(44-13-3-5-15-46(44)70(62)98)66(72(94)100)68(96)38-9-7-11-42(30-38)120-117-114-102)84-50-32-53(59(125(111,112)113)34-56(50)121-118-115-103)87-79-91-75(81)89-77(93-79)83-41-23-19-37(20-24-41)29-36-17-21-40(22-18-36)82-76-88-74(80)90-78(92-76)86-51-33-52(58(124(108,109)110)35-57(51)122-119-116-104)85-49-26-28-55-65-61(45-14-4-6-16-47(45)71(99)63(49)65)67(73(101)95(55)2)69(97)39-10-8-12-43(31-39)123(105,106)107;;;;;;/h3-16,25-28,30-37,40-41,44-47,60-61,66-67,84-85,102-104H,17-24,29H2,1-2H3,(H,105,106,107)(H,108,109,110)(H,111,112,113)(H4,80,82,86,88,90,92)(H4,81,83,87,89,91,93);;;;;;/q;6*+1/p-6. The number of nitrogen functional groups attached to an aromatic ring is 2. The molecule has 6 aliphatic carbocycles. The van der Waals surface area contributed by atoms with Crippen LogP contribution in [0.4, 0.5) is 81.2 Å². The number of nitrogens with two attached hydrogens (primary N) is 2. The number of rotatable bonds is 30. The van der Waals surface area contributed by atoms with Crippen molar-refractivity contribution in [3.05, 3.63) is 179 Å². The van der Waals surface area contributed by atoms with Crippen LogP contribution in [0.1, 0.15) is 122 Å². The second kappa shape index (κ2) is 45.6. The van der Waals surface area contributed by atoms with Gasteiger partial charge in [-0.1, -0.05) is 72.9 Å². The molecule has 10 N–H and O–H groups in total. The number of anilines is 14. The van der Waals surface area contributed by atoms with E-state index in [-0.39, 0.29) is 315 Å². The zero-order valence-electron chi connectivity index (χ0n) is 71.1. The molecule has 0 saturated heterocycles. The van der Waals surface area contributed by atoms with Crippen molar-refractivity contribution in [2.75, 3.05) is 67.3 Å². The van der Waals surface area contributed by atoms with Gasteiger partial charge in [-0.25, -0.2) is 25.3 Å². The zero-order valence-corrected chi connectivity index (χ0v) is 88.0. The number of Topliss-reactive ketones (excluding diaryl/α,β-unsaturated/α-hetero) is 4. The van der Waals surface area contributed by atoms with Gasteiger partial charge in [0.05, 0.1) is 83.4 Å². The molecule has 8 aromatic rings. The van der Waals surface area contributed by atoms with Crippen LogP contribution in [0.25, 0.3) is 0 Å². The summed E-state index contributed by atoms with van der Waals surface area (Å²) in [5.74, 6) is -12.3. The van der Waals surface area contributed by atoms with Gasteiger partial charge >= 0.3 is 177 Å². The van der Waals surface area contributed by atoms with Gasteiger partial charge in [-0.3, -0.25) is 43.9 Å². The molecule has 16 rings (SSSR count). The van der Waals surface area contributed by atoms with Crippen LogP contribution in [-0.4, -0.2) is 130 Å². The van der Waals surface area contributed by atoms with Gasteiger partial charge in [-0.15, -0.1) is 0 Å². The second-order valence-corrected chi connectivity index (χ2v) is 37.1. The molecule has 0 spiro atoms. The Bertz CT molecular complexity index is 6270. The van der Waals surface area contributed by atoms with E-state index in [0.717, 1.165) is 62.4 Å². The molecule has 2 aromatic heterocycles. The molecule has 40 nitrogen and oxygen atoms in total. The Balaban J connectivity index is 0.00000297. The fourth-order valence-corrected chi connectivity index (χ4v) is 21.5. The summed E-state index contributed by atoms with van der Waals surface area (Å²) in [6.45, 7) is 0. The van der Waals surface area contributed by atoms with E-state index in [1.165, 1.54) is 78.5 Å². The molecule has 2 saturated carbocycles. The van der Waals surface area contributed by atoms with E-state index in [1.807, 2.05) is 0 Å². The van der Waals surface area contributed by atoms with Crippen LogP contribution in [0.3, 0.4) is 0 Å². The van der Waals surface area contributed by atoms with Crippen LogP contribution in [0.15, 0.2) is 175 Å². The minimum absolute atomic E-state index is 0. The number of carbonyl (C=O) groups is 6. The molecule has 0 bridgehead atoms. The first-order valence-corrected chi connectivity index (χ1v) is 45.0. The number of nitrogens with one attached hydrogen (secondary N) is 6. The van der Waals surface area contributed by atoms with E-state index < -0.39 is 139 Å². The van der Waals surface area contributed by atoms with Gasteiger partial charge in [0.1, 0.15) is 42.2 Å². The monoisotopic (exact) mass is 1960 g/mol. The van der Waals surface area contributed by atoms with Gasteiger partial charge in [0.25, 0.3) is 0 Å². The molecule has 52 heteroatoms. The second-order valence-electron chi connectivity index (χ2n) is 30.8. The molecule has 0 radical (unpaired) electrons. The average molecular weight is 1960 g/mol. The normalized spacial score (nSPS) is 22.0. The molecule has 652 valence electrons. The molecule has 2 fully saturated rings. The van der Waals surface area contributed by atoms with Crippen LogP contribution >= 0.6 is 36.1 Å². The van der Waals surface area contributed by atoms with Crippen molar-refractivity contribution < 1.29 is 289 Å². The van der Waals surface area contributed by atoms with Crippen molar-refractivity contribution >= 4 is 183 Å². The zero-order chi connectivity index (χ0) is 88.2. The maximum absolute atomic E-state index is 15.0. The largest absolute Gasteiger partial charge is 1.00 e. The Kier molecular flexibility index (Phi) is 37.5. The quantitative estimate of drug-likeness (QED) is 0.00394. The maximum Gasteiger partial charge on any atom is 1.00 e. The van der Waals surface area contributed by atoms with Crippen LogP contribution < -0.4 is 246 Å². The Morgan fingerprint density at radius 2 is 0.840 bits per heavy atom. The van der Waals surface area contributed by atoms with E-state index in [0.29, 0.717) is 65.7 Å². The summed E-state index contributed by atoms with van der Waals surface area (Å²) in [5.41, 5.74) is 12.5. The van der Waals surface area contributed by atoms with Crippen LogP contribution in [-0.2, 0) is 68.1 Å². The summed E-state index contributed by atoms with van der Waals surface area (Å²) in [6.07, 6.45) is 20.3. The molecular formula is C79H70N16Na6O24S6. The summed E-state index contributed by atoms with van der Waals surface area (Å²) in [5, 5.41) is 62.6. The topological polar surface area (TPSA) is 607 Å². The molecule has 8 unspecified atom stereocenters. The van der Waals surface area contributed by atoms with Crippen molar-refractivity contribution in [1.29, 1.82) is 0 Å². The Morgan fingerprint density at radius 1 is 0.450 bits per heavy atom. The summed E-state index contributed by atoms with van der Waals surface area (Å²) in [4.78, 5) is 115. The number of amides is 2. The molecule has 8 atom stereocenters. The maximum atomic E-state index is 15.0. The fourth-order valence-electron chi connectivity index (χ4n) is 18.2. The third-order valence-corrected chi connectivity index (χ3v) is 28.1. The van der Waals surface area contributed by atoms with E-state index in [9.17, 15) is 78.7 Å². The first-order valence-electron chi connectivity index (χ1n) is 38.6. The van der Waals surface area contributed by atoms with Gasteiger partial charge < -0.3 is 82.6 Å². The molecule has 8 aliphatic rings.